The largest absolute Gasteiger partial charge is 0.441 e. The van der Waals surface area contributed by atoms with Crippen molar-refractivity contribution < 1.29 is 14.2 Å². The molecule has 3 heteroatoms. The topological polar surface area (TPSA) is 27.7 Å². The number of hydrogen-bond donors (Lipinski definition) is 0. The maximum atomic E-state index is 6.20. The molecule has 2 atom stereocenters. The first-order valence-electron chi connectivity index (χ1n) is 8.14. The Morgan fingerprint density at radius 2 is 1.70 bits per heavy atom. The van der Waals surface area contributed by atoms with Crippen LogP contribution in [0.25, 0.3) is 6.08 Å². The van der Waals surface area contributed by atoms with E-state index in [0.29, 0.717) is 6.61 Å². The van der Waals surface area contributed by atoms with E-state index in [1.165, 1.54) is 5.56 Å². The molecule has 2 fully saturated rings. The summed E-state index contributed by atoms with van der Waals surface area (Å²) in [6, 6.07) is 20.4. The summed E-state index contributed by atoms with van der Waals surface area (Å²) in [7, 11) is 0. The molecular formula is C20H20O3. The van der Waals surface area contributed by atoms with Gasteiger partial charge in [-0.2, -0.15) is 0 Å². The minimum atomic E-state index is -0.917. The van der Waals surface area contributed by atoms with Gasteiger partial charge in [-0.3, -0.25) is 0 Å². The highest BCUT2D eigenvalue weighted by Crippen LogP contribution is 2.43. The van der Waals surface area contributed by atoms with Crippen LogP contribution in [0.3, 0.4) is 0 Å². The number of ether oxygens (including phenoxy) is 3. The molecule has 2 heterocycles. The molecule has 0 aliphatic carbocycles. The van der Waals surface area contributed by atoms with Gasteiger partial charge in [0.2, 0.25) is 0 Å². The van der Waals surface area contributed by atoms with E-state index in [-0.39, 0.29) is 6.10 Å². The molecule has 2 aromatic rings. The lowest BCUT2D eigenvalue weighted by molar-refractivity contribution is -0.361. The summed E-state index contributed by atoms with van der Waals surface area (Å²) in [5, 5.41) is 0. The van der Waals surface area contributed by atoms with Gasteiger partial charge in [-0.25, -0.2) is 0 Å². The van der Waals surface area contributed by atoms with E-state index < -0.39 is 5.97 Å². The average Bonchev–Trinajstić information content (AvgIpc) is 2.98. The van der Waals surface area contributed by atoms with Crippen molar-refractivity contribution in [2.24, 2.45) is 0 Å². The van der Waals surface area contributed by atoms with Gasteiger partial charge in [0.15, 0.2) is 0 Å². The van der Waals surface area contributed by atoms with E-state index in [0.717, 1.165) is 30.6 Å². The summed E-state index contributed by atoms with van der Waals surface area (Å²) in [5.74, 6) is -0.0933. The summed E-state index contributed by atoms with van der Waals surface area (Å²) >= 11 is 0. The molecule has 2 aliphatic rings. The van der Waals surface area contributed by atoms with Crippen LogP contribution in [0.1, 0.15) is 36.5 Å². The molecule has 3 nitrogen and oxygen atoms in total. The third-order valence-electron chi connectivity index (χ3n) is 4.29. The molecule has 0 unspecified atom stereocenters. The van der Waals surface area contributed by atoms with Gasteiger partial charge in [-0.15, -0.1) is 0 Å². The SMILES string of the molecule is C(=C1\CO[C@]2(CCC[C@@H](c3ccccc3)O2)O1)/c1ccccc1. The number of hydrogen-bond acceptors (Lipinski definition) is 3. The molecule has 2 aromatic carbocycles. The molecule has 1 spiro atoms. The van der Waals surface area contributed by atoms with E-state index in [1.807, 2.05) is 42.5 Å². The van der Waals surface area contributed by atoms with Crippen LogP contribution in [0.4, 0.5) is 0 Å². The average molecular weight is 308 g/mol. The maximum absolute atomic E-state index is 6.20. The van der Waals surface area contributed by atoms with Gasteiger partial charge in [-0.1, -0.05) is 60.7 Å². The zero-order valence-corrected chi connectivity index (χ0v) is 13.0. The molecule has 0 bridgehead atoms. The van der Waals surface area contributed by atoms with Crippen LogP contribution >= 0.6 is 0 Å². The van der Waals surface area contributed by atoms with Crippen LogP contribution in [-0.2, 0) is 14.2 Å². The molecule has 23 heavy (non-hydrogen) atoms. The van der Waals surface area contributed by atoms with Gasteiger partial charge in [0.25, 0.3) is 0 Å². The molecule has 0 N–H and O–H groups in total. The quantitative estimate of drug-likeness (QED) is 0.807. The second-order valence-corrected chi connectivity index (χ2v) is 6.00. The smallest absolute Gasteiger partial charge is 0.327 e. The summed E-state index contributed by atoms with van der Waals surface area (Å²) in [6.07, 6.45) is 4.84. The zero-order valence-electron chi connectivity index (χ0n) is 13.0. The van der Waals surface area contributed by atoms with Crippen LogP contribution in [0.15, 0.2) is 66.4 Å². The van der Waals surface area contributed by atoms with Crippen LogP contribution in [0, 0.1) is 0 Å². The standard InChI is InChI=1S/C20H20O3/c1-3-8-16(9-4-1)14-18-15-21-20(22-18)13-7-12-19(23-20)17-10-5-2-6-11-17/h1-6,8-11,14,19H,7,12-13,15H2/b18-14-/t19-,20+/m0/s1. The lowest BCUT2D eigenvalue weighted by Crippen LogP contribution is -2.38. The monoisotopic (exact) mass is 308 g/mol. The van der Waals surface area contributed by atoms with Gasteiger partial charge in [0.1, 0.15) is 12.4 Å². The van der Waals surface area contributed by atoms with Gasteiger partial charge in [0.05, 0.1) is 6.10 Å². The molecule has 2 saturated heterocycles. The Hall–Kier alpha value is -2.10. The van der Waals surface area contributed by atoms with Gasteiger partial charge >= 0.3 is 5.97 Å². The van der Waals surface area contributed by atoms with Gasteiger partial charge in [0, 0.05) is 6.42 Å². The molecule has 4 rings (SSSR count). The van der Waals surface area contributed by atoms with Crippen molar-refractivity contribution in [1.29, 1.82) is 0 Å². The zero-order chi connectivity index (χ0) is 15.5. The highest BCUT2D eigenvalue weighted by atomic mass is 16.9. The fourth-order valence-electron chi connectivity index (χ4n) is 3.17. The van der Waals surface area contributed by atoms with Crippen molar-refractivity contribution in [1.82, 2.24) is 0 Å². The Morgan fingerprint density at radius 3 is 2.48 bits per heavy atom. The Morgan fingerprint density at radius 1 is 0.957 bits per heavy atom. The first-order valence-corrected chi connectivity index (χ1v) is 8.14. The third-order valence-corrected chi connectivity index (χ3v) is 4.29. The second kappa shape index (κ2) is 6.19. The Bertz CT molecular complexity index is 681. The summed E-state index contributed by atoms with van der Waals surface area (Å²) in [4.78, 5) is 0. The Labute approximate surface area is 136 Å². The van der Waals surface area contributed by atoms with Crippen molar-refractivity contribution >= 4 is 6.08 Å². The normalized spacial score (nSPS) is 28.9. The van der Waals surface area contributed by atoms with Crippen molar-refractivity contribution in [2.45, 2.75) is 31.3 Å². The minimum absolute atomic E-state index is 0.0287. The lowest BCUT2D eigenvalue weighted by atomic mass is 10.0. The van der Waals surface area contributed by atoms with Crippen molar-refractivity contribution in [3.05, 3.63) is 77.5 Å². The Kier molecular flexibility index (Phi) is 3.90. The van der Waals surface area contributed by atoms with Crippen molar-refractivity contribution in [3.63, 3.8) is 0 Å². The molecule has 0 radical (unpaired) electrons. The molecule has 118 valence electrons. The fraction of sp³-hybridized carbons (Fsp3) is 0.300. The van der Waals surface area contributed by atoms with Crippen LogP contribution < -0.4 is 0 Å². The predicted molar refractivity (Wildman–Crippen MR) is 88.3 cm³/mol. The van der Waals surface area contributed by atoms with E-state index in [4.69, 9.17) is 14.2 Å². The first kappa shape index (κ1) is 14.5. The van der Waals surface area contributed by atoms with Crippen molar-refractivity contribution in [2.75, 3.05) is 6.61 Å². The molecule has 2 aliphatic heterocycles. The minimum Gasteiger partial charge on any atom is -0.441 e. The Balaban J connectivity index is 1.50. The number of benzene rings is 2. The van der Waals surface area contributed by atoms with Crippen LogP contribution in [-0.4, -0.2) is 12.6 Å². The molecule has 0 saturated carbocycles. The van der Waals surface area contributed by atoms with Crippen molar-refractivity contribution in [3.8, 4) is 0 Å². The first-order chi connectivity index (χ1) is 11.3. The maximum Gasteiger partial charge on any atom is 0.327 e. The van der Waals surface area contributed by atoms with E-state index >= 15 is 0 Å². The van der Waals surface area contributed by atoms with Gasteiger partial charge in [-0.05, 0) is 30.0 Å². The van der Waals surface area contributed by atoms with Crippen LogP contribution in [0.5, 0.6) is 0 Å². The fourth-order valence-corrected chi connectivity index (χ4v) is 3.17. The predicted octanol–water partition coefficient (Wildman–Crippen LogP) is 4.67. The molecule has 0 amide bonds. The molecule has 0 aromatic heterocycles. The van der Waals surface area contributed by atoms with E-state index in [9.17, 15) is 0 Å². The van der Waals surface area contributed by atoms with Crippen LogP contribution in [0.2, 0.25) is 0 Å². The second-order valence-electron chi connectivity index (χ2n) is 6.00. The highest BCUT2D eigenvalue weighted by Gasteiger charge is 2.45. The van der Waals surface area contributed by atoms with E-state index in [1.54, 1.807) is 0 Å². The summed E-state index contributed by atoms with van der Waals surface area (Å²) in [5.41, 5.74) is 2.29. The third kappa shape index (κ3) is 3.16. The van der Waals surface area contributed by atoms with Gasteiger partial charge < -0.3 is 14.2 Å². The summed E-state index contributed by atoms with van der Waals surface area (Å²) < 4.78 is 18.2. The lowest BCUT2D eigenvalue weighted by Gasteiger charge is -2.36. The summed E-state index contributed by atoms with van der Waals surface area (Å²) in [6.45, 7) is 0.455. The number of rotatable bonds is 2. The highest BCUT2D eigenvalue weighted by molar-refractivity contribution is 5.51. The molecular weight excluding hydrogens is 288 g/mol. The van der Waals surface area contributed by atoms with E-state index in [2.05, 4.69) is 24.3 Å².